The van der Waals surface area contributed by atoms with Crippen LogP contribution in [0.15, 0.2) is 12.1 Å². The first-order chi connectivity index (χ1) is 10.7. The number of anilines is 2. The predicted molar refractivity (Wildman–Crippen MR) is 95.4 cm³/mol. The molecule has 1 aliphatic rings. The van der Waals surface area contributed by atoms with Crippen molar-refractivity contribution in [2.75, 3.05) is 43.6 Å². The largest absolute Gasteiger partial charge is 0.383 e. The van der Waals surface area contributed by atoms with Crippen LogP contribution in [0, 0.1) is 5.92 Å². The number of rotatable bonds is 6. The van der Waals surface area contributed by atoms with E-state index in [4.69, 9.17) is 9.72 Å². The van der Waals surface area contributed by atoms with E-state index >= 15 is 0 Å². The number of aryl methyl sites for hydroxylation is 1. The summed E-state index contributed by atoms with van der Waals surface area (Å²) >= 11 is 1.74. The van der Waals surface area contributed by atoms with Crippen LogP contribution in [0.5, 0.6) is 0 Å². The van der Waals surface area contributed by atoms with Gasteiger partial charge in [-0.05, 0) is 36.5 Å². The molecule has 0 spiro atoms. The van der Waals surface area contributed by atoms with Gasteiger partial charge in [-0.25, -0.2) is 4.98 Å². The summed E-state index contributed by atoms with van der Waals surface area (Å²) in [5.41, 5.74) is 3.98. The zero-order chi connectivity index (χ0) is 15.5. The van der Waals surface area contributed by atoms with E-state index in [0.29, 0.717) is 12.5 Å². The van der Waals surface area contributed by atoms with E-state index in [0.717, 1.165) is 23.7 Å². The molecule has 0 unspecified atom stereocenters. The quantitative estimate of drug-likeness (QED) is 0.823. The van der Waals surface area contributed by atoms with Crippen LogP contribution in [0.4, 0.5) is 10.8 Å². The molecule has 0 radical (unpaired) electrons. The maximum atomic E-state index is 5.08. The third-order valence-corrected chi connectivity index (χ3v) is 4.95. The summed E-state index contributed by atoms with van der Waals surface area (Å²) in [7, 11) is 1.72. The highest BCUT2D eigenvalue weighted by atomic mass is 32.1. The molecule has 4 nitrogen and oxygen atoms in total. The van der Waals surface area contributed by atoms with Crippen molar-refractivity contribution < 1.29 is 4.74 Å². The van der Waals surface area contributed by atoms with Gasteiger partial charge >= 0.3 is 0 Å². The summed E-state index contributed by atoms with van der Waals surface area (Å²) in [4.78, 5) is 7.26. The van der Waals surface area contributed by atoms with Gasteiger partial charge in [0.25, 0.3) is 0 Å². The Kier molecular flexibility index (Phi) is 4.84. The van der Waals surface area contributed by atoms with E-state index in [-0.39, 0.29) is 0 Å². The number of aromatic nitrogens is 1. The maximum absolute atomic E-state index is 5.08. The number of hydrogen-bond acceptors (Lipinski definition) is 5. The average Bonchev–Trinajstić information content (AvgIpc) is 2.87. The van der Waals surface area contributed by atoms with Crippen molar-refractivity contribution in [3.63, 3.8) is 0 Å². The molecule has 0 saturated heterocycles. The minimum absolute atomic E-state index is 0.684. The number of fused-ring (bicyclic) bond motifs is 2. The third-order valence-electron chi connectivity index (χ3n) is 3.97. The number of methoxy groups -OCH3 is 1. The second-order valence-electron chi connectivity index (χ2n) is 6.33. The lowest BCUT2D eigenvalue weighted by molar-refractivity contribution is 0.211. The topological polar surface area (TPSA) is 37.4 Å². The summed E-state index contributed by atoms with van der Waals surface area (Å²) in [6, 6.07) is 4.63. The molecule has 120 valence electrons. The van der Waals surface area contributed by atoms with Gasteiger partial charge in [0.1, 0.15) is 0 Å². The van der Waals surface area contributed by atoms with Gasteiger partial charge in [-0.2, -0.15) is 0 Å². The molecule has 1 aromatic carbocycles. The van der Waals surface area contributed by atoms with E-state index in [9.17, 15) is 0 Å². The van der Waals surface area contributed by atoms with Crippen LogP contribution in [0.2, 0.25) is 0 Å². The van der Waals surface area contributed by atoms with Crippen LogP contribution in [0.25, 0.3) is 10.2 Å². The van der Waals surface area contributed by atoms with Gasteiger partial charge in [0.05, 0.1) is 16.8 Å². The maximum Gasteiger partial charge on any atom is 0.183 e. The molecule has 1 aromatic heterocycles. The van der Waals surface area contributed by atoms with Gasteiger partial charge in [0.2, 0.25) is 0 Å². The first kappa shape index (κ1) is 15.6. The van der Waals surface area contributed by atoms with Crippen molar-refractivity contribution in [2.45, 2.75) is 26.7 Å². The highest BCUT2D eigenvalue weighted by molar-refractivity contribution is 7.22. The Hall–Kier alpha value is -1.33. The molecule has 0 fully saturated rings. The van der Waals surface area contributed by atoms with Gasteiger partial charge < -0.3 is 15.0 Å². The summed E-state index contributed by atoms with van der Waals surface area (Å²) in [5.74, 6) is 0.684. The van der Waals surface area contributed by atoms with E-state index in [1.165, 1.54) is 35.3 Å². The Bertz CT molecular complexity index is 638. The van der Waals surface area contributed by atoms with Crippen LogP contribution in [-0.2, 0) is 11.2 Å². The van der Waals surface area contributed by atoms with Crippen molar-refractivity contribution in [1.82, 2.24) is 4.98 Å². The fourth-order valence-electron chi connectivity index (χ4n) is 3.05. The van der Waals surface area contributed by atoms with Crippen molar-refractivity contribution in [2.24, 2.45) is 5.92 Å². The molecule has 0 aliphatic carbocycles. The fraction of sp³-hybridized carbons (Fsp3) is 0.588. The van der Waals surface area contributed by atoms with Crippen molar-refractivity contribution in [3.8, 4) is 0 Å². The predicted octanol–water partition coefficient (Wildman–Crippen LogP) is 3.76. The average molecular weight is 319 g/mol. The Morgan fingerprint density at radius 1 is 1.41 bits per heavy atom. The molecule has 0 amide bonds. The zero-order valence-corrected chi connectivity index (χ0v) is 14.5. The number of nitrogens with zero attached hydrogens (tertiary/aromatic N) is 2. The van der Waals surface area contributed by atoms with Gasteiger partial charge in [-0.1, -0.05) is 25.2 Å². The molecule has 22 heavy (non-hydrogen) atoms. The molecule has 0 bridgehead atoms. The number of thiazole rings is 1. The molecular formula is C17H25N3OS. The van der Waals surface area contributed by atoms with Gasteiger partial charge in [0.15, 0.2) is 5.13 Å². The SMILES string of the molecule is COCCNc1nc2cc3c(cc2s1)CCCN3CC(C)C. The normalized spacial score (nSPS) is 14.6. The minimum Gasteiger partial charge on any atom is -0.383 e. The second kappa shape index (κ2) is 6.84. The lowest BCUT2D eigenvalue weighted by atomic mass is 10.0. The molecule has 3 rings (SSSR count). The number of benzene rings is 1. The van der Waals surface area contributed by atoms with E-state index < -0.39 is 0 Å². The summed E-state index contributed by atoms with van der Waals surface area (Å²) < 4.78 is 6.36. The molecule has 1 N–H and O–H groups in total. The number of ether oxygens (including phenoxy) is 1. The van der Waals surface area contributed by atoms with E-state index in [2.05, 4.69) is 36.2 Å². The fourth-order valence-corrected chi connectivity index (χ4v) is 3.98. The minimum atomic E-state index is 0.684. The first-order valence-electron chi connectivity index (χ1n) is 8.08. The van der Waals surface area contributed by atoms with Crippen LogP contribution in [0.3, 0.4) is 0 Å². The van der Waals surface area contributed by atoms with Crippen LogP contribution in [0.1, 0.15) is 25.8 Å². The standard InChI is InChI=1S/C17H25N3OS/c1-12(2)11-20-7-4-5-13-9-16-14(10-15(13)20)19-17(22-16)18-6-8-21-3/h9-10,12H,4-8,11H2,1-3H3,(H,18,19). The molecule has 2 aromatic rings. The highest BCUT2D eigenvalue weighted by Gasteiger charge is 2.19. The molecule has 0 saturated carbocycles. The molecule has 2 heterocycles. The van der Waals surface area contributed by atoms with E-state index in [1.54, 1.807) is 18.4 Å². The molecular weight excluding hydrogens is 294 g/mol. The van der Waals surface area contributed by atoms with Crippen molar-refractivity contribution >= 4 is 32.4 Å². The van der Waals surface area contributed by atoms with Gasteiger partial charge in [0, 0.05) is 32.4 Å². The lowest BCUT2D eigenvalue weighted by Gasteiger charge is -2.32. The van der Waals surface area contributed by atoms with Crippen molar-refractivity contribution in [3.05, 3.63) is 17.7 Å². The Morgan fingerprint density at radius 3 is 3.05 bits per heavy atom. The Balaban J connectivity index is 1.87. The Morgan fingerprint density at radius 2 is 2.27 bits per heavy atom. The monoisotopic (exact) mass is 319 g/mol. The second-order valence-corrected chi connectivity index (χ2v) is 7.36. The van der Waals surface area contributed by atoms with Crippen LogP contribution >= 0.6 is 11.3 Å². The third kappa shape index (κ3) is 3.36. The van der Waals surface area contributed by atoms with Crippen molar-refractivity contribution in [1.29, 1.82) is 0 Å². The van der Waals surface area contributed by atoms with Crippen LogP contribution in [-0.4, -0.2) is 38.3 Å². The lowest BCUT2D eigenvalue weighted by Crippen LogP contribution is -2.32. The Labute approximate surface area is 136 Å². The summed E-state index contributed by atoms with van der Waals surface area (Å²) in [5, 5.41) is 4.33. The highest BCUT2D eigenvalue weighted by Crippen LogP contribution is 2.35. The summed E-state index contributed by atoms with van der Waals surface area (Å²) in [6.45, 7) is 8.37. The molecule has 1 aliphatic heterocycles. The van der Waals surface area contributed by atoms with Gasteiger partial charge in [-0.15, -0.1) is 0 Å². The van der Waals surface area contributed by atoms with Crippen LogP contribution < -0.4 is 10.2 Å². The zero-order valence-electron chi connectivity index (χ0n) is 13.7. The first-order valence-corrected chi connectivity index (χ1v) is 8.90. The van der Waals surface area contributed by atoms with E-state index in [1.807, 2.05) is 0 Å². The van der Waals surface area contributed by atoms with Gasteiger partial charge in [-0.3, -0.25) is 0 Å². The smallest absolute Gasteiger partial charge is 0.183 e. The number of hydrogen-bond donors (Lipinski definition) is 1. The number of nitrogens with one attached hydrogen (secondary N) is 1. The summed E-state index contributed by atoms with van der Waals surface area (Å²) in [6.07, 6.45) is 2.44. The molecule has 0 atom stereocenters. The molecule has 5 heteroatoms.